The lowest BCUT2D eigenvalue weighted by Gasteiger charge is -2.18. The van der Waals surface area contributed by atoms with E-state index in [2.05, 4.69) is 5.32 Å². The van der Waals surface area contributed by atoms with E-state index in [1.165, 1.54) is 4.90 Å². The zero-order valence-electron chi connectivity index (χ0n) is 19.9. The van der Waals surface area contributed by atoms with Gasteiger partial charge in [-0.1, -0.05) is 42.0 Å². The fourth-order valence-electron chi connectivity index (χ4n) is 4.14. The Labute approximate surface area is 194 Å². The summed E-state index contributed by atoms with van der Waals surface area (Å²) in [7, 11) is 1.58. The molecule has 4 rings (SSSR count). The molecule has 0 unspecified atom stereocenters. The first-order chi connectivity index (χ1) is 15.7. The molecule has 0 fully saturated rings. The van der Waals surface area contributed by atoms with E-state index >= 15 is 0 Å². The quantitative estimate of drug-likeness (QED) is 0.522. The minimum atomic E-state index is -0.385. The molecule has 5 nitrogen and oxygen atoms in total. The molecule has 0 saturated heterocycles. The first kappa shape index (κ1) is 22.3. The molecule has 1 aliphatic heterocycles. The van der Waals surface area contributed by atoms with E-state index in [0.29, 0.717) is 28.3 Å². The maximum Gasteiger partial charge on any atom is 0.282 e. The summed E-state index contributed by atoms with van der Waals surface area (Å²) < 4.78 is 5.50. The van der Waals surface area contributed by atoms with Gasteiger partial charge in [-0.2, -0.15) is 0 Å². The van der Waals surface area contributed by atoms with Crippen molar-refractivity contribution < 1.29 is 14.3 Å². The number of methoxy groups -OCH3 is 1. The van der Waals surface area contributed by atoms with Crippen LogP contribution in [0.1, 0.15) is 33.4 Å². The van der Waals surface area contributed by atoms with Crippen molar-refractivity contribution >= 4 is 28.8 Å². The first-order valence-corrected chi connectivity index (χ1v) is 10.9. The molecule has 168 valence electrons. The molecule has 0 radical (unpaired) electrons. The van der Waals surface area contributed by atoms with Gasteiger partial charge in [0.2, 0.25) is 0 Å². The van der Waals surface area contributed by atoms with Crippen LogP contribution >= 0.6 is 0 Å². The number of nitrogens with one attached hydrogen (secondary N) is 1. The van der Waals surface area contributed by atoms with Crippen LogP contribution in [0.25, 0.3) is 5.57 Å². The van der Waals surface area contributed by atoms with E-state index in [4.69, 9.17) is 4.74 Å². The highest BCUT2D eigenvalue weighted by molar-refractivity contribution is 6.46. The summed E-state index contributed by atoms with van der Waals surface area (Å²) in [6.45, 7) is 9.88. The summed E-state index contributed by atoms with van der Waals surface area (Å²) >= 11 is 0. The van der Waals surface area contributed by atoms with Crippen molar-refractivity contribution in [2.45, 2.75) is 34.6 Å². The van der Waals surface area contributed by atoms with Crippen molar-refractivity contribution in [3.63, 3.8) is 0 Å². The van der Waals surface area contributed by atoms with Crippen molar-refractivity contribution in [2.24, 2.45) is 0 Å². The van der Waals surface area contributed by atoms with E-state index in [9.17, 15) is 9.59 Å². The molecule has 5 heteroatoms. The summed E-state index contributed by atoms with van der Waals surface area (Å²) in [5.41, 5.74) is 7.65. The van der Waals surface area contributed by atoms with Gasteiger partial charge in [0, 0.05) is 0 Å². The van der Waals surface area contributed by atoms with Crippen LogP contribution in [0.5, 0.6) is 5.75 Å². The van der Waals surface area contributed by atoms with Crippen LogP contribution in [0, 0.1) is 34.6 Å². The Morgan fingerprint density at radius 3 is 2.09 bits per heavy atom. The summed E-state index contributed by atoms with van der Waals surface area (Å²) in [6, 6.07) is 17.2. The highest BCUT2D eigenvalue weighted by Crippen LogP contribution is 2.37. The largest absolute Gasteiger partial charge is 0.495 e. The third-order valence-corrected chi connectivity index (χ3v) is 6.09. The average Bonchev–Trinajstić information content (AvgIpc) is 3.00. The van der Waals surface area contributed by atoms with Crippen LogP contribution in [0.3, 0.4) is 0 Å². The van der Waals surface area contributed by atoms with E-state index in [1.54, 1.807) is 7.11 Å². The van der Waals surface area contributed by atoms with E-state index in [1.807, 2.05) is 89.2 Å². The molecule has 0 spiro atoms. The number of carbonyl (C=O) groups excluding carboxylic acids is 2. The van der Waals surface area contributed by atoms with Gasteiger partial charge in [0.05, 0.1) is 24.1 Å². The number of nitrogens with zero attached hydrogens (tertiary/aromatic N) is 1. The van der Waals surface area contributed by atoms with Crippen molar-refractivity contribution in [3.8, 4) is 5.75 Å². The second-order valence-corrected chi connectivity index (χ2v) is 8.61. The van der Waals surface area contributed by atoms with Crippen LogP contribution in [0.2, 0.25) is 0 Å². The van der Waals surface area contributed by atoms with Crippen molar-refractivity contribution in [1.82, 2.24) is 0 Å². The van der Waals surface area contributed by atoms with Crippen LogP contribution in [-0.4, -0.2) is 18.9 Å². The number of aryl methyl sites for hydroxylation is 5. The fourth-order valence-corrected chi connectivity index (χ4v) is 4.14. The van der Waals surface area contributed by atoms with Crippen molar-refractivity contribution in [3.05, 3.63) is 93.7 Å². The molecule has 3 aromatic rings. The molecule has 33 heavy (non-hydrogen) atoms. The van der Waals surface area contributed by atoms with Crippen LogP contribution in [-0.2, 0) is 9.59 Å². The summed E-state index contributed by atoms with van der Waals surface area (Å²) in [4.78, 5) is 28.7. The van der Waals surface area contributed by atoms with Gasteiger partial charge in [-0.3, -0.25) is 9.59 Å². The minimum Gasteiger partial charge on any atom is -0.495 e. The third-order valence-electron chi connectivity index (χ3n) is 6.09. The summed E-state index contributed by atoms with van der Waals surface area (Å²) in [5, 5.41) is 3.24. The fraction of sp³-hybridized carbons (Fsp3) is 0.214. The van der Waals surface area contributed by atoms with Crippen molar-refractivity contribution in [2.75, 3.05) is 17.3 Å². The summed E-state index contributed by atoms with van der Waals surface area (Å²) in [5.74, 6) is -0.134. The number of anilines is 2. The number of carbonyl (C=O) groups is 2. The van der Waals surface area contributed by atoms with Gasteiger partial charge < -0.3 is 10.1 Å². The number of hydrogen-bond donors (Lipinski definition) is 1. The predicted octanol–water partition coefficient (Wildman–Crippen LogP) is 5.63. The lowest BCUT2D eigenvalue weighted by molar-refractivity contribution is -0.120. The van der Waals surface area contributed by atoms with Crippen LogP contribution in [0.15, 0.2) is 60.3 Å². The molecule has 3 aromatic carbocycles. The first-order valence-electron chi connectivity index (χ1n) is 10.9. The number of ether oxygens (including phenoxy) is 1. The number of hydrogen-bond acceptors (Lipinski definition) is 4. The number of benzene rings is 3. The van der Waals surface area contributed by atoms with Gasteiger partial charge in [0.15, 0.2) is 0 Å². The monoisotopic (exact) mass is 440 g/mol. The average molecular weight is 441 g/mol. The third kappa shape index (κ3) is 4.02. The highest BCUT2D eigenvalue weighted by Gasteiger charge is 2.41. The van der Waals surface area contributed by atoms with E-state index < -0.39 is 0 Å². The number of amides is 2. The van der Waals surface area contributed by atoms with Gasteiger partial charge >= 0.3 is 0 Å². The molecule has 2 amide bonds. The van der Waals surface area contributed by atoms with Crippen molar-refractivity contribution in [1.29, 1.82) is 0 Å². The predicted molar refractivity (Wildman–Crippen MR) is 133 cm³/mol. The second-order valence-electron chi connectivity index (χ2n) is 8.61. The molecular weight excluding hydrogens is 412 g/mol. The highest BCUT2D eigenvalue weighted by atomic mass is 16.5. The Balaban J connectivity index is 1.89. The number of imide groups is 1. The van der Waals surface area contributed by atoms with Gasteiger partial charge in [0.1, 0.15) is 11.4 Å². The smallest absolute Gasteiger partial charge is 0.282 e. The van der Waals surface area contributed by atoms with E-state index in [-0.39, 0.29) is 17.5 Å². The van der Waals surface area contributed by atoms with Gasteiger partial charge in [0.25, 0.3) is 11.8 Å². The Kier molecular flexibility index (Phi) is 5.81. The topological polar surface area (TPSA) is 58.6 Å². The lowest BCUT2D eigenvalue weighted by Crippen LogP contribution is -2.33. The Hall–Kier alpha value is -3.86. The zero-order chi connectivity index (χ0) is 23.9. The molecule has 1 N–H and O–H groups in total. The summed E-state index contributed by atoms with van der Waals surface area (Å²) in [6.07, 6.45) is 0. The molecule has 1 heterocycles. The normalized spacial score (nSPS) is 13.7. The van der Waals surface area contributed by atoms with Crippen LogP contribution in [0.4, 0.5) is 11.4 Å². The SMILES string of the molecule is COc1ccc(C)cc1NC1=C(c2ccc(C)c(C)c2)C(=O)N(c2ccc(C)cc2C)C1=O. The Morgan fingerprint density at radius 1 is 0.727 bits per heavy atom. The zero-order valence-corrected chi connectivity index (χ0v) is 19.9. The standard InChI is InChI=1S/C28H28N2O3/c1-16-7-11-23(20(5)13-16)30-27(31)25(21-10-9-18(3)19(4)15-21)26(28(30)32)29-22-14-17(2)8-12-24(22)33-6/h7-15,29H,1-6H3. The molecule has 0 aliphatic carbocycles. The van der Waals surface area contributed by atoms with Gasteiger partial charge in [-0.25, -0.2) is 4.90 Å². The molecule has 0 atom stereocenters. The molecule has 0 bridgehead atoms. The van der Waals surface area contributed by atoms with Crippen LogP contribution < -0.4 is 15.0 Å². The Bertz CT molecular complexity index is 1320. The Morgan fingerprint density at radius 2 is 1.42 bits per heavy atom. The maximum absolute atomic E-state index is 13.7. The van der Waals surface area contributed by atoms with Gasteiger partial charge in [-0.05, 0) is 80.6 Å². The lowest BCUT2D eigenvalue weighted by atomic mass is 9.99. The molecule has 1 aliphatic rings. The van der Waals surface area contributed by atoms with Gasteiger partial charge in [-0.15, -0.1) is 0 Å². The molecule has 0 saturated carbocycles. The number of rotatable bonds is 5. The molecular formula is C28H28N2O3. The maximum atomic E-state index is 13.7. The van der Waals surface area contributed by atoms with E-state index in [0.717, 1.165) is 27.8 Å². The second kappa shape index (κ2) is 8.58. The minimum absolute atomic E-state index is 0.243. The molecule has 0 aromatic heterocycles.